The highest BCUT2D eigenvalue weighted by Gasteiger charge is 2.12. The molecule has 0 radical (unpaired) electrons. The zero-order chi connectivity index (χ0) is 24.4. The minimum absolute atomic E-state index is 0.0174. The Morgan fingerprint density at radius 1 is 0.971 bits per heavy atom. The van der Waals surface area contributed by atoms with E-state index in [4.69, 9.17) is 17.0 Å². The van der Waals surface area contributed by atoms with E-state index in [1.165, 1.54) is 0 Å². The van der Waals surface area contributed by atoms with Crippen LogP contribution in [0.25, 0.3) is 31.1 Å². The lowest BCUT2D eigenvalue weighted by Crippen LogP contribution is -2.41. The summed E-state index contributed by atoms with van der Waals surface area (Å²) in [5.41, 5.74) is 3.53. The second-order valence-electron chi connectivity index (χ2n) is 8.02. The van der Waals surface area contributed by atoms with Gasteiger partial charge >= 0.3 is 0 Å². The molecule has 0 fully saturated rings. The number of benzene rings is 3. The van der Waals surface area contributed by atoms with Gasteiger partial charge in [0.2, 0.25) is 0 Å². The number of pyridine rings is 1. The van der Waals surface area contributed by atoms with Crippen LogP contribution in [0.1, 0.15) is 5.56 Å². The zero-order valence-corrected chi connectivity index (χ0v) is 20.5. The maximum Gasteiger partial charge on any atom is 0.197 e. The highest BCUT2D eigenvalue weighted by Crippen LogP contribution is 2.31. The van der Waals surface area contributed by atoms with Crippen LogP contribution in [0, 0.1) is 12.3 Å². The van der Waals surface area contributed by atoms with Crippen molar-refractivity contribution in [1.29, 1.82) is 5.41 Å². The van der Waals surface area contributed by atoms with Crippen molar-refractivity contribution in [3.63, 3.8) is 0 Å². The van der Waals surface area contributed by atoms with Crippen LogP contribution >= 0.6 is 22.9 Å². The van der Waals surface area contributed by atoms with Crippen LogP contribution in [-0.2, 0) is 0 Å². The normalized spacial score (nSPS) is 11.0. The molecule has 0 unspecified atom stereocenters. The van der Waals surface area contributed by atoms with Gasteiger partial charge in [0.15, 0.2) is 11.4 Å². The molecule has 0 aliphatic heterocycles. The molecule has 9 heteroatoms. The molecule has 0 saturated heterocycles. The highest BCUT2D eigenvalue weighted by atomic mass is 35.5. The minimum Gasteiger partial charge on any atom is -0.367 e. The number of guanidine groups is 1. The lowest BCUT2D eigenvalue weighted by atomic mass is 10.1. The molecule has 3 aromatic carbocycles. The van der Waals surface area contributed by atoms with Gasteiger partial charge < -0.3 is 21.3 Å². The fraction of sp³-hybridized carbons (Fsp3) is 0.115. The quantitative estimate of drug-likeness (QED) is 0.0912. The third kappa shape index (κ3) is 4.71. The van der Waals surface area contributed by atoms with Crippen molar-refractivity contribution in [1.82, 2.24) is 15.6 Å². The average Bonchev–Trinajstić information content (AvgIpc) is 2.85. The SMILES string of the molecule is Cc1ccc(NCNC(=N)NCNc2ccnc3cc(Cl)ccc23)c2c(=O)c3ccccc3sc12. The second-order valence-corrected chi connectivity index (χ2v) is 9.51. The molecule has 0 saturated carbocycles. The van der Waals surface area contributed by atoms with Crippen LogP contribution in [0.15, 0.2) is 71.7 Å². The zero-order valence-electron chi connectivity index (χ0n) is 18.9. The Labute approximate surface area is 210 Å². The summed E-state index contributed by atoms with van der Waals surface area (Å²) in [5, 5.41) is 23.7. The van der Waals surface area contributed by atoms with E-state index in [1.54, 1.807) is 17.5 Å². The molecule has 5 aromatic rings. The topological polar surface area (TPSA) is 102 Å². The summed E-state index contributed by atoms with van der Waals surface area (Å²) < 4.78 is 1.95. The first-order valence-electron chi connectivity index (χ1n) is 11.0. The van der Waals surface area contributed by atoms with Crippen molar-refractivity contribution in [3.05, 3.63) is 87.7 Å². The Balaban J connectivity index is 1.22. The van der Waals surface area contributed by atoms with Crippen LogP contribution in [-0.4, -0.2) is 24.3 Å². The van der Waals surface area contributed by atoms with Crippen LogP contribution < -0.4 is 26.7 Å². The first kappa shape index (κ1) is 22.9. The molecule has 0 atom stereocenters. The molecular weight excluding hydrogens is 480 g/mol. The van der Waals surface area contributed by atoms with Crippen molar-refractivity contribution in [2.75, 3.05) is 24.0 Å². The predicted molar refractivity (Wildman–Crippen MR) is 148 cm³/mol. The standard InChI is InChI=1S/C26H23ClN6OS/c1-15-6-9-20(23-24(34)18-4-2-3-5-22(18)35-25(15)23)31-14-33-26(28)32-13-30-19-10-11-29-21-12-16(27)7-8-17(19)21/h2-12,31H,13-14H2,1H3,(H,29,30)(H3,28,32,33). The van der Waals surface area contributed by atoms with E-state index in [0.717, 1.165) is 42.6 Å². The summed E-state index contributed by atoms with van der Waals surface area (Å²) in [7, 11) is 0. The molecule has 0 spiro atoms. The molecule has 7 nitrogen and oxygen atoms in total. The van der Waals surface area contributed by atoms with E-state index >= 15 is 0 Å². The van der Waals surface area contributed by atoms with Gasteiger partial charge in [0, 0.05) is 42.8 Å². The van der Waals surface area contributed by atoms with Crippen LogP contribution in [0.5, 0.6) is 0 Å². The Morgan fingerprint density at radius 3 is 2.57 bits per heavy atom. The Hall–Kier alpha value is -3.88. The molecule has 2 aromatic heterocycles. The summed E-state index contributed by atoms with van der Waals surface area (Å²) >= 11 is 7.67. The van der Waals surface area contributed by atoms with Gasteiger partial charge in [-0.3, -0.25) is 15.2 Å². The van der Waals surface area contributed by atoms with Crippen molar-refractivity contribution in [3.8, 4) is 0 Å². The number of halogens is 1. The number of nitrogens with zero attached hydrogens (tertiary/aromatic N) is 1. The maximum absolute atomic E-state index is 13.2. The van der Waals surface area contributed by atoms with E-state index in [0.29, 0.717) is 17.1 Å². The monoisotopic (exact) mass is 502 g/mol. The van der Waals surface area contributed by atoms with Gasteiger partial charge in [-0.25, -0.2) is 0 Å². The van der Waals surface area contributed by atoms with Gasteiger partial charge in [-0.05, 0) is 55.0 Å². The van der Waals surface area contributed by atoms with E-state index in [-0.39, 0.29) is 18.1 Å². The molecule has 5 N–H and O–H groups in total. The third-order valence-electron chi connectivity index (χ3n) is 5.72. The van der Waals surface area contributed by atoms with Gasteiger partial charge in [-0.2, -0.15) is 0 Å². The Bertz CT molecular complexity index is 1630. The molecule has 0 aliphatic rings. The van der Waals surface area contributed by atoms with Gasteiger partial charge in [-0.1, -0.05) is 29.8 Å². The van der Waals surface area contributed by atoms with E-state index in [2.05, 4.69) is 26.3 Å². The maximum atomic E-state index is 13.2. The summed E-state index contributed by atoms with van der Waals surface area (Å²) in [5.74, 6) is 0.151. The summed E-state index contributed by atoms with van der Waals surface area (Å²) in [6.45, 7) is 2.65. The average molecular weight is 503 g/mol. The number of aryl methyl sites for hydroxylation is 1. The van der Waals surface area contributed by atoms with Crippen molar-refractivity contribution >= 4 is 71.3 Å². The summed E-state index contributed by atoms with van der Waals surface area (Å²) in [6, 6.07) is 19.0. The van der Waals surface area contributed by atoms with Crippen molar-refractivity contribution < 1.29 is 0 Å². The first-order chi connectivity index (χ1) is 17.0. The first-order valence-corrected chi connectivity index (χ1v) is 12.2. The smallest absolute Gasteiger partial charge is 0.197 e. The van der Waals surface area contributed by atoms with E-state index in [1.807, 2.05) is 67.6 Å². The number of aromatic nitrogens is 1. The molecular formula is C26H23ClN6OS. The number of hydrogen-bond donors (Lipinski definition) is 5. The lowest BCUT2D eigenvalue weighted by Gasteiger charge is -2.15. The van der Waals surface area contributed by atoms with Gasteiger partial charge in [0.05, 0.1) is 24.2 Å². The van der Waals surface area contributed by atoms with Gasteiger partial charge in [-0.15, -0.1) is 11.3 Å². The van der Waals surface area contributed by atoms with E-state index in [9.17, 15) is 4.79 Å². The Kier molecular flexibility index (Phi) is 6.39. The van der Waals surface area contributed by atoms with Gasteiger partial charge in [0.1, 0.15) is 0 Å². The van der Waals surface area contributed by atoms with Gasteiger partial charge in [0.25, 0.3) is 0 Å². The largest absolute Gasteiger partial charge is 0.367 e. The van der Waals surface area contributed by atoms with E-state index < -0.39 is 0 Å². The Morgan fingerprint density at radius 2 is 1.74 bits per heavy atom. The molecule has 0 aliphatic carbocycles. The molecule has 5 rings (SSSR count). The fourth-order valence-electron chi connectivity index (χ4n) is 3.97. The number of hydrogen-bond acceptors (Lipinski definition) is 6. The number of fused-ring (bicyclic) bond motifs is 3. The van der Waals surface area contributed by atoms with Crippen LogP contribution in [0.3, 0.4) is 0 Å². The summed E-state index contributed by atoms with van der Waals surface area (Å²) in [4.78, 5) is 17.6. The van der Waals surface area contributed by atoms with Crippen molar-refractivity contribution in [2.24, 2.45) is 0 Å². The van der Waals surface area contributed by atoms with Crippen molar-refractivity contribution in [2.45, 2.75) is 6.92 Å². The van der Waals surface area contributed by atoms with Crippen LogP contribution in [0.2, 0.25) is 5.02 Å². The third-order valence-corrected chi connectivity index (χ3v) is 7.26. The molecule has 35 heavy (non-hydrogen) atoms. The molecule has 176 valence electrons. The highest BCUT2D eigenvalue weighted by molar-refractivity contribution is 7.24. The summed E-state index contributed by atoms with van der Waals surface area (Å²) in [6.07, 6.45) is 1.72. The predicted octanol–water partition coefficient (Wildman–Crippen LogP) is 5.48. The molecule has 0 bridgehead atoms. The number of nitrogens with one attached hydrogen (secondary N) is 5. The number of rotatable bonds is 6. The minimum atomic E-state index is 0.0174. The lowest BCUT2D eigenvalue weighted by molar-refractivity contribution is 0.862. The fourth-order valence-corrected chi connectivity index (χ4v) is 5.31. The van der Waals surface area contributed by atoms with Crippen LogP contribution in [0.4, 0.5) is 11.4 Å². The molecule has 0 amide bonds. The molecule has 2 heterocycles. The number of anilines is 2. The second kappa shape index (κ2) is 9.77.